The summed E-state index contributed by atoms with van der Waals surface area (Å²) in [6, 6.07) is 10.7. The maximum absolute atomic E-state index is 4.23. The number of rotatable bonds is 7. The van der Waals surface area contributed by atoms with Crippen LogP contribution in [0.2, 0.25) is 0 Å². The second-order valence-electron chi connectivity index (χ2n) is 5.94. The topological polar surface area (TPSA) is 42.9 Å². The lowest BCUT2D eigenvalue weighted by molar-refractivity contribution is 0.255. The van der Waals surface area contributed by atoms with Crippen LogP contribution in [0.1, 0.15) is 19.8 Å². The maximum Gasteiger partial charge on any atom is 0.190 e. The zero-order valence-corrected chi connectivity index (χ0v) is 17.3. The van der Waals surface area contributed by atoms with E-state index in [1.165, 1.54) is 5.69 Å². The van der Waals surface area contributed by atoms with Gasteiger partial charge >= 0.3 is 0 Å². The number of piperazine rings is 1. The molecule has 136 valence electrons. The first kappa shape index (κ1) is 21.0. The van der Waals surface area contributed by atoms with E-state index in [-0.39, 0.29) is 24.0 Å². The van der Waals surface area contributed by atoms with Crippen LogP contribution in [0.15, 0.2) is 35.3 Å². The van der Waals surface area contributed by atoms with Crippen LogP contribution < -0.4 is 15.5 Å². The van der Waals surface area contributed by atoms with Crippen LogP contribution in [0.4, 0.5) is 5.69 Å². The molecular weight excluding hydrogens is 413 g/mol. The summed E-state index contributed by atoms with van der Waals surface area (Å²) in [5.41, 5.74) is 1.35. The first-order chi connectivity index (χ1) is 11.3. The average Bonchev–Trinajstić information content (AvgIpc) is 2.62. The number of aliphatic imine (C=N–C) groups is 1. The van der Waals surface area contributed by atoms with E-state index in [0.717, 1.165) is 64.6 Å². The minimum absolute atomic E-state index is 0. The molecule has 0 bridgehead atoms. The molecule has 1 aliphatic rings. The lowest BCUT2D eigenvalue weighted by Crippen LogP contribution is -2.47. The number of benzene rings is 1. The first-order valence-corrected chi connectivity index (χ1v) is 8.80. The van der Waals surface area contributed by atoms with Gasteiger partial charge in [0.15, 0.2) is 5.96 Å². The normalized spacial score (nSPS) is 15.8. The summed E-state index contributed by atoms with van der Waals surface area (Å²) in [5, 5.41) is 6.68. The van der Waals surface area contributed by atoms with Gasteiger partial charge < -0.3 is 15.5 Å². The van der Waals surface area contributed by atoms with Crippen molar-refractivity contribution in [3.8, 4) is 0 Å². The number of halogens is 1. The van der Waals surface area contributed by atoms with Gasteiger partial charge in [0.2, 0.25) is 0 Å². The van der Waals surface area contributed by atoms with Gasteiger partial charge in [0.1, 0.15) is 0 Å². The fourth-order valence-electron chi connectivity index (χ4n) is 2.84. The number of nitrogens with one attached hydrogen (secondary N) is 2. The van der Waals surface area contributed by atoms with Crippen molar-refractivity contribution in [2.45, 2.75) is 19.8 Å². The van der Waals surface area contributed by atoms with Crippen molar-refractivity contribution in [2.75, 3.05) is 57.8 Å². The average molecular weight is 445 g/mol. The Balaban J connectivity index is 0.00000288. The second kappa shape index (κ2) is 12.4. The molecule has 1 heterocycles. The molecule has 0 atom stereocenters. The molecule has 24 heavy (non-hydrogen) atoms. The Hall–Kier alpha value is -1.02. The molecule has 6 heteroatoms. The van der Waals surface area contributed by atoms with Gasteiger partial charge in [-0.15, -0.1) is 24.0 Å². The third kappa shape index (κ3) is 7.25. The Morgan fingerprint density at radius 1 is 1.04 bits per heavy atom. The van der Waals surface area contributed by atoms with Crippen LogP contribution in [0, 0.1) is 0 Å². The number of para-hydroxylation sites is 1. The maximum atomic E-state index is 4.23. The van der Waals surface area contributed by atoms with Gasteiger partial charge in [0.05, 0.1) is 0 Å². The smallest absolute Gasteiger partial charge is 0.190 e. The molecule has 2 N–H and O–H groups in total. The Morgan fingerprint density at radius 2 is 1.71 bits per heavy atom. The van der Waals surface area contributed by atoms with Crippen LogP contribution in [0.25, 0.3) is 0 Å². The van der Waals surface area contributed by atoms with Crippen molar-refractivity contribution in [3.05, 3.63) is 30.3 Å². The number of guanidine groups is 1. The molecule has 0 radical (unpaired) electrons. The summed E-state index contributed by atoms with van der Waals surface area (Å²) < 4.78 is 0. The fourth-order valence-corrected chi connectivity index (χ4v) is 2.84. The summed E-state index contributed by atoms with van der Waals surface area (Å²) in [5.74, 6) is 0.917. The molecule has 1 fully saturated rings. The van der Waals surface area contributed by atoms with Crippen LogP contribution >= 0.6 is 24.0 Å². The molecule has 5 nitrogen and oxygen atoms in total. The molecule has 0 aliphatic carbocycles. The van der Waals surface area contributed by atoms with Crippen LogP contribution in [-0.2, 0) is 0 Å². The monoisotopic (exact) mass is 445 g/mol. The quantitative estimate of drug-likeness (QED) is 0.293. The van der Waals surface area contributed by atoms with Gasteiger partial charge in [-0.1, -0.05) is 25.1 Å². The Kier molecular flexibility index (Phi) is 10.8. The minimum atomic E-state index is 0. The van der Waals surface area contributed by atoms with Crippen molar-refractivity contribution in [1.82, 2.24) is 15.5 Å². The van der Waals surface area contributed by atoms with E-state index in [1.807, 2.05) is 7.05 Å². The van der Waals surface area contributed by atoms with E-state index >= 15 is 0 Å². The molecule has 0 spiro atoms. The van der Waals surface area contributed by atoms with E-state index in [4.69, 9.17) is 0 Å². The molecule has 1 aromatic rings. The van der Waals surface area contributed by atoms with E-state index in [1.54, 1.807) is 0 Å². The molecule has 1 aromatic carbocycles. The van der Waals surface area contributed by atoms with Gasteiger partial charge in [0, 0.05) is 52.0 Å². The molecule has 0 aromatic heterocycles. The first-order valence-electron chi connectivity index (χ1n) is 8.80. The Labute approximate surface area is 163 Å². The fraction of sp³-hybridized carbons (Fsp3) is 0.611. The van der Waals surface area contributed by atoms with Gasteiger partial charge in [0.25, 0.3) is 0 Å². The molecule has 0 amide bonds. The van der Waals surface area contributed by atoms with Crippen LogP contribution in [-0.4, -0.2) is 63.7 Å². The third-order valence-electron chi connectivity index (χ3n) is 4.20. The van der Waals surface area contributed by atoms with E-state index in [9.17, 15) is 0 Å². The van der Waals surface area contributed by atoms with E-state index < -0.39 is 0 Å². The SMILES string of the molecule is CCCNC(=NC)NCCCN1CCN(c2ccccc2)CC1.I. The number of nitrogens with zero attached hydrogens (tertiary/aromatic N) is 3. The molecule has 1 saturated heterocycles. The Morgan fingerprint density at radius 3 is 2.33 bits per heavy atom. The van der Waals surface area contributed by atoms with Crippen molar-refractivity contribution >= 4 is 35.6 Å². The predicted octanol–water partition coefficient (Wildman–Crippen LogP) is 2.39. The van der Waals surface area contributed by atoms with Gasteiger partial charge in [-0.25, -0.2) is 0 Å². The second-order valence-corrected chi connectivity index (χ2v) is 5.94. The summed E-state index contributed by atoms with van der Waals surface area (Å²) in [6.45, 7) is 9.81. The molecule has 0 unspecified atom stereocenters. The van der Waals surface area contributed by atoms with Crippen molar-refractivity contribution in [2.24, 2.45) is 4.99 Å². The zero-order chi connectivity index (χ0) is 16.3. The predicted molar refractivity (Wildman–Crippen MR) is 115 cm³/mol. The lowest BCUT2D eigenvalue weighted by atomic mass is 10.2. The summed E-state index contributed by atoms with van der Waals surface area (Å²) in [6.07, 6.45) is 2.27. The third-order valence-corrected chi connectivity index (χ3v) is 4.20. The highest BCUT2D eigenvalue weighted by Gasteiger charge is 2.16. The Bertz CT molecular complexity index is 458. The molecular formula is C18H32IN5. The minimum Gasteiger partial charge on any atom is -0.369 e. The molecule has 2 rings (SSSR count). The van der Waals surface area contributed by atoms with Gasteiger partial charge in [-0.05, 0) is 31.5 Å². The van der Waals surface area contributed by atoms with Crippen molar-refractivity contribution in [1.29, 1.82) is 0 Å². The number of anilines is 1. The zero-order valence-electron chi connectivity index (χ0n) is 15.0. The van der Waals surface area contributed by atoms with E-state index in [0.29, 0.717) is 0 Å². The lowest BCUT2D eigenvalue weighted by Gasteiger charge is -2.36. The van der Waals surface area contributed by atoms with Gasteiger partial charge in [-0.3, -0.25) is 9.89 Å². The molecule has 0 saturated carbocycles. The number of hydrogen-bond acceptors (Lipinski definition) is 3. The largest absolute Gasteiger partial charge is 0.369 e. The van der Waals surface area contributed by atoms with Crippen LogP contribution in [0.5, 0.6) is 0 Å². The van der Waals surface area contributed by atoms with Crippen molar-refractivity contribution < 1.29 is 0 Å². The summed E-state index contributed by atoms with van der Waals surface area (Å²) >= 11 is 0. The number of hydrogen-bond donors (Lipinski definition) is 2. The molecule has 1 aliphatic heterocycles. The summed E-state index contributed by atoms with van der Waals surface area (Å²) in [7, 11) is 1.83. The van der Waals surface area contributed by atoms with E-state index in [2.05, 4.69) is 62.7 Å². The highest BCUT2D eigenvalue weighted by molar-refractivity contribution is 14.0. The highest BCUT2D eigenvalue weighted by atomic mass is 127. The van der Waals surface area contributed by atoms with Crippen LogP contribution in [0.3, 0.4) is 0 Å². The van der Waals surface area contributed by atoms with Crippen molar-refractivity contribution in [3.63, 3.8) is 0 Å². The standard InChI is InChI=1S/C18H31N5.HI/c1-3-10-20-18(19-2)21-11-7-12-22-13-15-23(16-14-22)17-8-5-4-6-9-17;/h4-6,8-9H,3,7,10-16H2,1-2H3,(H2,19,20,21);1H. The van der Waals surface area contributed by atoms with Gasteiger partial charge in [-0.2, -0.15) is 0 Å². The highest BCUT2D eigenvalue weighted by Crippen LogP contribution is 2.15. The summed E-state index contributed by atoms with van der Waals surface area (Å²) in [4.78, 5) is 9.26.